The molecule has 30 heavy (non-hydrogen) atoms. The lowest BCUT2D eigenvalue weighted by Gasteiger charge is -2.32. The van der Waals surface area contributed by atoms with Crippen LogP contribution < -0.4 is 10.6 Å². The first-order valence-corrected chi connectivity index (χ1v) is 10.9. The zero-order chi connectivity index (χ0) is 21.5. The van der Waals surface area contributed by atoms with Gasteiger partial charge in [-0.2, -0.15) is 0 Å². The molecule has 1 unspecified atom stereocenters. The van der Waals surface area contributed by atoms with Crippen LogP contribution in [0.2, 0.25) is 5.02 Å². The molecule has 6 heteroatoms. The summed E-state index contributed by atoms with van der Waals surface area (Å²) in [5.41, 5.74) is 2.26. The maximum absolute atomic E-state index is 13.0. The minimum absolute atomic E-state index is 0.0279. The van der Waals surface area contributed by atoms with Crippen LogP contribution in [-0.4, -0.2) is 36.3 Å². The number of carbonyl (C=O) groups is 2. The van der Waals surface area contributed by atoms with Crippen LogP contribution in [0.3, 0.4) is 0 Å². The van der Waals surface area contributed by atoms with Crippen molar-refractivity contribution in [2.24, 2.45) is 11.8 Å². The molecule has 1 saturated heterocycles. The molecule has 0 saturated carbocycles. The third-order valence-corrected chi connectivity index (χ3v) is 5.55. The third kappa shape index (κ3) is 6.31. The van der Waals surface area contributed by atoms with Gasteiger partial charge in [-0.1, -0.05) is 49.7 Å². The highest BCUT2D eigenvalue weighted by atomic mass is 35.5. The molecule has 2 amide bonds. The Labute approximate surface area is 183 Å². The molecule has 0 bridgehead atoms. The summed E-state index contributed by atoms with van der Waals surface area (Å²) in [4.78, 5) is 27.8. The molecule has 2 N–H and O–H groups in total. The maximum atomic E-state index is 13.0. The first kappa shape index (κ1) is 22.3. The van der Waals surface area contributed by atoms with Gasteiger partial charge in [0.25, 0.3) is 5.91 Å². The van der Waals surface area contributed by atoms with Gasteiger partial charge in [-0.3, -0.25) is 14.5 Å². The van der Waals surface area contributed by atoms with Crippen LogP contribution in [0.25, 0.3) is 0 Å². The molecule has 160 valence electrons. The van der Waals surface area contributed by atoms with E-state index in [9.17, 15) is 9.59 Å². The topological polar surface area (TPSA) is 61.4 Å². The Morgan fingerprint density at radius 1 is 1.13 bits per heavy atom. The molecular formula is C24H30ClN3O2. The Kier molecular flexibility index (Phi) is 7.88. The fourth-order valence-electron chi connectivity index (χ4n) is 3.68. The maximum Gasteiger partial charge on any atom is 0.253 e. The Hall–Kier alpha value is -2.37. The first-order valence-electron chi connectivity index (χ1n) is 10.6. The monoisotopic (exact) mass is 427 g/mol. The van der Waals surface area contributed by atoms with Gasteiger partial charge < -0.3 is 10.6 Å². The summed E-state index contributed by atoms with van der Waals surface area (Å²) < 4.78 is 0. The van der Waals surface area contributed by atoms with Crippen LogP contribution in [0.4, 0.5) is 5.69 Å². The molecule has 1 aliphatic heterocycles. The van der Waals surface area contributed by atoms with E-state index in [0.29, 0.717) is 30.3 Å². The SMILES string of the molecule is CC(C)CNC(=O)c1ccccc1NC(=O)C1CCCN(Cc2ccc(Cl)cc2)C1. The summed E-state index contributed by atoms with van der Waals surface area (Å²) in [5, 5.41) is 6.65. The fraction of sp³-hybridized carbons (Fsp3) is 0.417. The standard InChI is InChI=1S/C24H30ClN3O2/c1-17(2)14-26-24(30)21-7-3-4-8-22(21)27-23(29)19-6-5-13-28(16-19)15-18-9-11-20(25)12-10-18/h3-4,7-12,17,19H,5-6,13-16H2,1-2H3,(H,26,30)(H,27,29). The van der Waals surface area contributed by atoms with Crippen LogP contribution in [0.15, 0.2) is 48.5 Å². The molecule has 0 radical (unpaired) electrons. The van der Waals surface area contributed by atoms with Gasteiger partial charge in [0.05, 0.1) is 17.2 Å². The van der Waals surface area contributed by atoms with Gasteiger partial charge in [0, 0.05) is 24.7 Å². The molecule has 1 fully saturated rings. The molecule has 2 aromatic carbocycles. The number of halogens is 1. The highest BCUT2D eigenvalue weighted by molar-refractivity contribution is 6.30. The van der Waals surface area contributed by atoms with E-state index in [0.717, 1.165) is 31.0 Å². The zero-order valence-corrected chi connectivity index (χ0v) is 18.4. The average molecular weight is 428 g/mol. The number of amides is 2. The van der Waals surface area contributed by atoms with Gasteiger partial charge in [-0.25, -0.2) is 0 Å². The van der Waals surface area contributed by atoms with Crippen molar-refractivity contribution in [1.29, 1.82) is 0 Å². The van der Waals surface area contributed by atoms with Crippen LogP contribution >= 0.6 is 11.6 Å². The summed E-state index contributed by atoms with van der Waals surface area (Å²) in [6.07, 6.45) is 1.83. The minimum atomic E-state index is -0.160. The van der Waals surface area contributed by atoms with Gasteiger partial charge >= 0.3 is 0 Å². The highest BCUT2D eigenvalue weighted by Gasteiger charge is 2.26. The number of carbonyl (C=O) groups excluding carboxylic acids is 2. The lowest BCUT2D eigenvalue weighted by Crippen LogP contribution is -2.40. The number of anilines is 1. The summed E-state index contributed by atoms with van der Waals surface area (Å²) in [6, 6.07) is 15.0. The number of benzene rings is 2. The number of hydrogen-bond donors (Lipinski definition) is 2. The summed E-state index contributed by atoms with van der Waals surface area (Å²) >= 11 is 5.97. The van der Waals surface area contributed by atoms with E-state index in [-0.39, 0.29) is 17.7 Å². The summed E-state index contributed by atoms with van der Waals surface area (Å²) in [5.74, 6) is 0.0786. The van der Waals surface area contributed by atoms with Crippen LogP contribution in [0.1, 0.15) is 42.6 Å². The van der Waals surface area contributed by atoms with Crippen molar-refractivity contribution in [3.05, 3.63) is 64.7 Å². The quantitative estimate of drug-likeness (QED) is 0.680. The second-order valence-electron chi connectivity index (χ2n) is 8.34. The smallest absolute Gasteiger partial charge is 0.253 e. The molecule has 1 aliphatic rings. The third-order valence-electron chi connectivity index (χ3n) is 5.30. The van der Waals surface area contributed by atoms with Gasteiger partial charge in [-0.05, 0) is 55.1 Å². The van der Waals surface area contributed by atoms with E-state index in [4.69, 9.17) is 11.6 Å². The summed E-state index contributed by atoms with van der Waals surface area (Å²) in [7, 11) is 0. The molecule has 3 rings (SSSR count). The van der Waals surface area contributed by atoms with Gasteiger partial charge in [0.1, 0.15) is 0 Å². The van der Waals surface area contributed by atoms with E-state index in [2.05, 4.69) is 15.5 Å². The van der Waals surface area contributed by atoms with Crippen LogP contribution in [-0.2, 0) is 11.3 Å². The Bertz CT molecular complexity index is 867. The van der Waals surface area contributed by atoms with E-state index < -0.39 is 0 Å². The van der Waals surface area contributed by atoms with Crippen LogP contribution in [0, 0.1) is 11.8 Å². The fourth-order valence-corrected chi connectivity index (χ4v) is 3.80. The molecular weight excluding hydrogens is 398 g/mol. The molecule has 0 spiro atoms. The van der Waals surface area contributed by atoms with Gasteiger partial charge in [-0.15, -0.1) is 0 Å². The second kappa shape index (κ2) is 10.6. The molecule has 2 aromatic rings. The number of nitrogens with zero attached hydrogens (tertiary/aromatic N) is 1. The number of likely N-dealkylation sites (tertiary alicyclic amines) is 1. The normalized spacial score (nSPS) is 17.0. The molecule has 1 heterocycles. The first-order chi connectivity index (χ1) is 14.4. The van der Waals surface area contributed by atoms with Crippen LogP contribution in [0.5, 0.6) is 0 Å². The van der Waals surface area contributed by atoms with Crippen molar-refractivity contribution in [3.63, 3.8) is 0 Å². The van der Waals surface area contributed by atoms with Crippen molar-refractivity contribution < 1.29 is 9.59 Å². The predicted octanol–water partition coefficient (Wildman–Crippen LogP) is 4.58. The van der Waals surface area contributed by atoms with Crippen molar-refractivity contribution in [2.75, 3.05) is 25.0 Å². The number of hydrogen-bond acceptors (Lipinski definition) is 3. The number of nitrogens with one attached hydrogen (secondary N) is 2. The van der Waals surface area contributed by atoms with Gasteiger partial charge in [0.2, 0.25) is 5.91 Å². The van der Waals surface area contributed by atoms with Gasteiger partial charge in [0.15, 0.2) is 0 Å². The number of rotatable bonds is 7. The summed E-state index contributed by atoms with van der Waals surface area (Å²) in [6.45, 7) is 7.18. The molecule has 5 nitrogen and oxygen atoms in total. The van der Waals surface area contributed by atoms with Crippen molar-refractivity contribution >= 4 is 29.1 Å². The van der Waals surface area contributed by atoms with Crippen molar-refractivity contribution in [3.8, 4) is 0 Å². The van der Waals surface area contributed by atoms with E-state index in [1.807, 2.05) is 50.2 Å². The Morgan fingerprint density at radius 3 is 2.60 bits per heavy atom. The lowest BCUT2D eigenvalue weighted by atomic mass is 9.96. The van der Waals surface area contributed by atoms with E-state index in [1.54, 1.807) is 12.1 Å². The minimum Gasteiger partial charge on any atom is -0.352 e. The number of piperidine rings is 1. The van der Waals surface area contributed by atoms with E-state index >= 15 is 0 Å². The Balaban J connectivity index is 1.61. The largest absolute Gasteiger partial charge is 0.352 e. The molecule has 1 atom stereocenters. The predicted molar refractivity (Wildman–Crippen MR) is 122 cm³/mol. The molecule has 0 aromatic heterocycles. The highest BCUT2D eigenvalue weighted by Crippen LogP contribution is 2.22. The average Bonchev–Trinajstić information content (AvgIpc) is 2.74. The van der Waals surface area contributed by atoms with Crippen molar-refractivity contribution in [1.82, 2.24) is 10.2 Å². The molecule has 0 aliphatic carbocycles. The zero-order valence-electron chi connectivity index (χ0n) is 17.7. The number of para-hydroxylation sites is 1. The second-order valence-corrected chi connectivity index (χ2v) is 8.78. The lowest BCUT2D eigenvalue weighted by molar-refractivity contribution is -0.121. The van der Waals surface area contributed by atoms with Crippen molar-refractivity contribution in [2.45, 2.75) is 33.2 Å². The van der Waals surface area contributed by atoms with E-state index in [1.165, 1.54) is 5.56 Å². The Morgan fingerprint density at radius 2 is 1.87 bits per heavy atom.